The average Bonchev–Trinajstić information content (AvgIpc) is 2.83. The molecule has 0 radical (unpaired) electrons. The number of nitrogens with one attached hydrogen (secondary N) is 1. The number of likely N-dealkylation sites (N-methyl/N-ethyl adjacent to an activating group) is 1. The number of carbonyl (C=O) groups is 1. The molecule has 1 saturated heterocycles. The first-order valence-corrected chi connectivity index (χ1v) is 8.66. The number of hydrogen-bond donors (Lipinski definition) is 1. The molecule has 1 aliphatic carbocycles. The van der Waals surface area contributed by atoms with E-state index in [1.807, 2.05) is 6.92 Å². The molecule has 3 nitrogen and oxygen atoms in total. The first-order valence-electron chi connectivity index (χ1n) is 8.28. The fourth-order valence-corrected chi connectivity index (χ4v) is 4.38. The summed E-state index contributed by atoms with van der Waals surface area (Å²) in [5.41, 5.74) is 4.48. The van der Waals surface area contributed by atoms with E-state index >= 15 is 0 Å². The molecule has 4 heteroatoms. The highest BCUT2D eigenvalue weighted by Gasteiger charge is 2.46. The van der Waals surface area contributed by atoms with Crippen molar-refractivity contribution in [3.05, 3.63) is 46.0 Å². The summed E-state index contributed by atoms with van der Waals surface area (Å²) >= 11 is 6.43. The second kappa shape index (κ2) is 5.95. The van der Waals surface area contributed by atoms with E-state index in [0.717, 1.165) is 42.9 Å². The van der Waals surface area contributed by atoms with Crippen LogP contribution in [0.15, 0.2) is 24.3 Å². The molecule has 23 heavy (non-hydrogen) atoms. The van der Waals surface area contributed by atoms with Gasteiger partial charge in [-0.1, -0.05) is 24.2 Å². The van der Waals surface area contributed by atoms with Crippen molar-refractivity contribution in [1.29, 1.82) is 0 Å². The predicted molar refractivity (Wildman–Crippen MR) is 95.2 cm³/mol. The largest absolute Gasteiger partial charge is 0.355 e. The van der Waals surface area contributed by atoms with Crippen molar-refractivity contribution in [2.24, 2.45) is 0 Å². The van der Waals surface area contributed by atoms with Gasteiger partial charge in [-0.25, -0.2) is 0 Å². The number of benzene rings is 1. The van der Waals surface area contributed by atoms with E-state index in [1.54, 1.807) is 7.05 Å². The summed E-state index contributed by atoms with van der Waals surface area (Å²) in [7, 11) is 3.84. The Kier molecular flexibility index (Phi) is 4.28. The molecule has 1 atom stereocenters. The van der Waals surface area contributed by atoms with Crippen LogP contribution >= 0.6 is 11.6 Å². The zero-order chi connectivity index (χ0) is 16.8. The lowest BCUT2D eigenvalue weighted by Crippen LogP contribution is -2.39. The van der Waals surface area contributed by atoms with Gasteiger partial charge in [0.2, 0.25) is 5.91 Å². The van der Waals surface area contributed by atoms with E-state index < -0.39 is 0 Å². The van der Waals surface area contributed by atoms with E-state index in [0.29, 0.717) is 5.57 Å². The predicted octanol–water partition coefficient (Wildman–Crippen LogP) is 3.40. The van der Waals surface area contributed by atoms with Gasteiger partial charge in [0, 0.05) is 23.6 Å². The average molecular weight is 333 g/mol. The lowest BCUT2D eigenvalue weighted by Gasteiger charge is -2.39. The van der Waals surface area contributed by atoms with Crippen LogP contribution in [0.5, 0.6) is 0 Å². The highest BCUT2D eigenvalue weighted by Crippen LogP contribution is 2.54. The lowest BCUT2D eigenvalue weighted by atomic mass is 9.73. The summed E-state index contributed by atoms with van der Waals surface area (Å²) in [6.07, 6.45) is 3.21. The SMILES string of the molecule is C=C(C(=O)NC)[C@H]1CC2(CCN(C)CC2)c2cc(Cl)c(C)cc21. The summed E-state index contributed by atoms with van der Waals surface area (Å²) in [5, 5.41) is 3.55. The maximum atomic E-state index is 12.1. The molecule has 1 aromatic carbocycles. The van der Waals surface area contributed by atoms with Crippen LogP contribution < -0.4 is 5.32 Å². The van der Waals surface area contributed by atoms with Gasteiger partial charge < -0.3 is 10.2 Å². The van der Waals surface area contributed by atoms with Crippen LogP contribution in [0.3, 0.4) is 0 Å². The van der Waals surface area contributed by atoms with Gasteiger partial charge in [-0.2, -0.15) is 0 Å². The van der Waals surface area contributed by atoms with Crippen LogP contribution in [0, 0.1) is 6.92 Å². The maximum absolute atomic E-state index is 12.1. The Hall–Kier alpha value is -1.32. The van der Waals surface area contributed by atoms with Crippen molar-refractivity contribution in [2.45, 2.75) is 37.5 Å². The van der Waals surface area contributed by atoms with Gasteiger partial charge in [-0.05, 0) is 74.5 Å². The second-order valence-corrected chi connectivity index (χ2v) is 7.54. The highest BCUT2D eigenvalue weighted by molar-refractivity contribution is 6.31. The molecule has 0 saturated carbocycles. The number of halogens is 1. The third-order valence-corrected chi connectivity index (χ3v) is 6.16. The lowest BCUT2D eigenvalue weighted by molar-refractivity contribution is -0.117. The molecule has 0 aromatic heterocycles. The number of carbonyl (C=O) groups excluding carboxylic acids is 1. The van der Waals surface area contributed by atoms with E-state index in [4.69, 9.17) is 11.6 Å². The number of rotatable bonds is 2. The molecule has 124 valence electrons. The third kappa shape index (κ3) is 2.70. The van der Waals surface area contributed by atoms with E-state index in [1.165, 1.54) is 11.1 Å². The maximum Gasteiger partial charge on any atom is 0.246 e. The Bertz CT molecular complexity index is 660. The van der Waals surface area contributed by atoms with Crippen LogP contribution in [0.25, 0.3) is 0 Å². The molecule has 1 aliphatic heterocycles. The zero-order valence-corrected chi connectivity index (χ0v) is 15.0. The quantitative estimate of drug-likeness (QED) is 0.842. The summed E-state index contributed by atoms with van der Waals surface area (Å²) in [4.78, 5) is 14.5. The van der Waals surface area contributed by atoms with E-state index in [9.17, 15) is 4.79 Å². The number of likely N-dealkylation sites (tertiary alicyclic amines) is 1. The number of nitrogens with zero attached hydrogens (tertiary/aromatic N) is 1. The number of amides is 1. The van der Waals surface area contributed by atoms with Crippen LogP contribution in [0.4, 0.5) is 0 Å². The summed E-state index contributed by atoms with van der Waals surface area (Å²) in [6, 6.07) is 4.32. The first-order chi connectivity index (χ1) is 10.9. The Morgan fingerprint density at radius 2 is 2.04 bits per heavy atom. The Morgan fingerprint density at radius 3 is 2.65 bits per heavy atom. The van der Waals surface area contributed by atoms with Gasteiger partial charge in [0.05, 0.1) is 0 Å². The van der Waals surface area contributed by atoms with Crippen molar-refractivity contribution < 1.29 is 4.79 Å². The Balaban J connectivity index is 2.06. The topological polar surface area (TPSA) is 32.3 Å². The monoisotopic (exact) mass is 332 g/mol. The van der Waals surface area contributed by atoms with Crippen molar-refractivity contribution in [2.75, 3.05) is 27.2 Å². The van der Waals surface area contributed by atoms with Crippen molar-refractivity contribution in [3.8, 4) is 0 Å². The van der Waals surface area contributed by atoms with Crippen LogP contribution in [-0.4, -0.2) is 38.0 Å². The van der Waals surface area contributed by atoms with E-state index in [-0.39, 0.29) is 17.2 Å². The van der Waals surface area contributed by atoms with Crippen molar-refractivity contribution in [3.63, 3.8) is 0 Å². The number of fused-ring (bicyclic) bond motifs is 2. The van der Waals surface area contributed by atoms with Gasteiger partial charge >= 0.3 is 0 Å². The summed E-state index contributed by atoms with van der Waals surface area (Å²) in [6.45, 7) is 8.30. The van der Waals surface area contributed by atoms with Crippen LogP contribution in [-0.2, 0) is 10.2 Å². The minimum Gasteiger partial charge on any atom is -0.355 e. The molecular formula is C19H25ClN2O. The Labute approximate surface area is 143 Å². The molecule has 1 heterocycles. The number of aryl methyl sites for hydroxylation is 1. The number of piperidine rings is 1. The van der Waals surface area contributed by atoms with Gasteiger partial charge in [0.1, 0.15) is 0 Å². The van der Waals surface area contributed by atoms with Gasteiger partial charge in [-0.3, -0.25) is 4.79 Å². The highest BCUT2D eigenvalue weighted by atomic mass is 35.5. The normalized spacial score (nSPS) is 22.9. The van der Waals surface area contributed by atoms with Crippen LogP contribution in [0.1, 0.15) is 41.9 Å². The molecule has 3 rings (SSSR count). The minimum atomic E-state index is -0.0569. The van der Waals surface area contributed by atoms with Crippen molar-refractivity contribution in [1.82, 2.24) is 10.2 Å². The summed E-state index contributed by atoms with van der Waals surface area (Å²) in [5.74, 6) is 0.0443. The third-order valence-electron chi connectivity index (χ3n) is 5.76. The number of hydrogen-bond acceptors (Lipinski definition) is 2. The smallest absolute Gasteiger partial charge is 0.246 e. The molecule has 1 spiro atoms. The molecule has 1 N–H and O–H groups in total. The molecule has 2 aliphatic rings. The fourth-order valence-electron chi connectivity index (χ4n) is 4.21. The van der Waals surface area contributed by atoms with Crippen molar-refractivity contribution >= 4 is 17.5 Å². The Morgan fingerprint density at radius 1 is 1.39 bits per heavy atom. The summed E-state index contributed by atoms with van der Waals surface area (Å²) < 4.78 is 0. The second-order valence-electron chi connectivity index (χ2n) is 7.13. The van der Waals surface area contributed by atoms with E-state index in [2.05, 4.69) is 36.0 Å². The minimum absolute atomic E-state index is 0.0569. The first kappa shape index (κ1) is 16.5. The molecule has 1 fully saturated rings. The molecular weight excluding hydrogens is 308 g/mol. The van der Waals surface area contributed by atoms with Crippen LogP contribution in [0.2, 0.25) is 5.02 Å². The molecule has 1 aromatic rings. The zero-order valence-electron chi connectivity index (χ0n) is 14.2. The molecule has 0 bridgehead atoms. The molecule has 1 amide bonds. The van der Waals surface area contributed by atoms with Gasteiger partial charge in [-0.15, -0.1) is 0 Å². The molecule has 0 unspecified atom stereocenters. The van der Waals surface area contributed by atoms with Gasteiger partial charge in [0.25, 0.3) is 0 Å². The van der Waals surface area contributed by atoms with Gasteiger partial charge in [0.15, 0.2) is 0 Å². The standard InChI is InChI=1S/C19H25ClN2O/c1-12-9-14-15(13(2)18(23)21-3)11-19(16(14)10-17(12)20)5-7-22(4)8-6-19/h9-10,15H,2,5-8,11H2,1,3-4H3,(H,21,23)/t15-/m1/s1. The fraction of sp³-hybridized carbons (Fsp3) is 0.526.